The molecule has 0 saturated heterocycles. The second kappa shape index (κ2) is 7.45. The highest BCUT2D eigenvalue weighted by Crippen LogP contribution is 2.32. The molecule has 26 heavy (non-hydrogen) atoms. The molecule has 0 unspecified atom stereocenters. The van der Waals surface area contributed by atoms with Crippen molar-refractivity contribution in [3.63, 3.8) is 0 Å². The van der Waals surface area contributed by atoms with Crippen molar-refractivity contribution in [2.45, 2.75) is 26.2 Å². The Kier molecular flexibility index (Phi) is 5.27. The van der Waals surface area contributed by atoms with Crippen molar-refractivity contribution in [2.75, 3.05) is 21.9 Å². The van der Waals surface area contributed by atoms with Crippen molar-refractivity contribution in [1.82, 2.24) is 0 Å². The average molecular weight is 376 g/mol. The molecule has 2 aromatic rings. The quantitative estimate of drug-likeness (QED) is 0.867. The van der Waals surface area contributed by atoms with E-state index in [1.54, 1.807) is 18.2 Å². The summed E-state index contributed by atoms with van der Waals surface area (Å²) in [6.45, 7) is 2.32. The zero-order valence-corrected chi connectivity index (χ0v) is 15.4. The lowest BCUT2D eigenvalue weighted by molar-refractivity contribution is 0.102. The van der Waals surface area contributed by atoms with E-state index >= 15 is 0 Å². The van der Waals surface area contributed by atoms with Crippen LogP contribution >= 0.6 is 0 Å². The van der Waals surface area contributed by atoms with Crippen LogP contribution in [0, 0.1) is 5.82 Å². The van der Waals surface area contributed by atoms with E-state index in [2.05, 4.69) is 5.32 Å². The molecule has 3 rings (SSSR count). The number of sulfonamides is 1. The number of fused-ring (bicyclic) bond motifs is 1. The maximum atomic E-state index is 13.3. The molecule has 0 saturated carbocycles. The van der Waals surface area contributed by atoms with Crippen LogP contribution in [-0.4, -0.2) is 26.6 Å². The van der Waals surface area contributed by atoms with Crippen molar-refractivity contribution in [2.24, 2.45) is 0 Å². The van der Waals surface area contributed by atoms with Gasteiger partial charge in [0.05, 0.1) is 11.4 Å². The summed E-state index contributed by atoms with van der Waals surface area (Å²) in [4.78, 5) is 12.3. The van der Waals surface area contributed by atoms with Gasteiger partial charge >= 0.3 is 0 Å². The van der Waals surface area contributed by atoms with Crippen LogP contribution in [0.25, 0.3) is 0 Å². The van der Waals surface area contributed by atoms with E-state index in [9.17, 15) is 17.6 Å². The molecule has 0 bridgehead atoms. The fraction of sp³-hybridized carbons (Fsp3) is 0.316. The van der Waals surface area contributed by atoms with Crippen LogP contribution in [0.2, 0.25) is 0 Å². The van der Waals surface area contributed by atoms with Crippen LogP contribution in [0.15, 0.2) is 42.5 Å². The molecular weight excluding hydrogens is 355 g/mol. The highest BCUT2D eigenvalue weighted by atomic mass is 32.2. The van der Waals surface area contributed by atoms with Gasteiger partial charge in [-0.1, -0.05) is 13.0 Å². The number of hydrogen-bond acceptors (Lipinski definition) is 3. The number of benzene rings is 2. The van der Waals surface area contributed by atoms with Crippen molar-refractivity contribution in [3.05, 3.63) is 59.4 Å². The normalized spacial score (nSPS) is 14.0. The molecule has 0 atom stereocenters. The largest absolute Gasteiger partial charge is 0.322 e. The number of carbonyl (C=O) groups is 1. The number of rotatable bonds is 5. The smallest absolute Gasteiger partial charge is 0.255 e. The Morgan fingerprint density at radius 3 is 2.77 bits per heavy atom. The fourth-order valence-corrected chi connectivity index (χ4v) is 4.75. The third-order valence-electron chi connectivity index (χ3n) is 4.30. The van der Waals surface area contributed by atoms with E-state index in [0.717, 1.165) is 18.4 Å². The molecule has 1 N–H and O–H groups in total. The lowest BCUT2D eigenvalue weighted by Crippen LogP contribution is -2.37. The third kappa shape index (κ3) is 3.88. The molecule has 0 aromatic heterocycles. The second-order valence-corrected chi connectivity index (χ2v) is 8.31. The summed E-state index contributed by atoms with van der Waals surface area (Å²) < 4.78 is 39.6. The van der Waals surface area contributed by atoms with Gasteiger partial charge in [0.1, 0.15) is 5.82 Å². The molecule has 1 aliphatic heterocycles. The number of amides is 1. The Labute approximate surface area is 152 Å². The van der Waals surface area contributed by atoms with Crippen LogP contribution in [-0.2, 0) is 16.4 Å². The Hall–Kier alpha value is -2.41. The lowest BCUT2D eigenvalue weighted by atomic mass is 10.0. The van der Waals surface area contributed by atoms with E-state index in [4.69, 9.17) is 0 Å². The van der Waals surface area contributed by atoms with Gasteiger partial charge in [-0.05, 0) is 61.2 Å². The van der Waals surface area contributed by atoms with Crippen LogP contribution in [0.5, 0.6) is 0 Å². The highest BCUT2D eigenvalue weighted by molar-refractivity contribution is 7.92. The Balaban J connectivity index is 1.84. The summed E-state index contributed by atoms with van der Waals surface area (Å²) >= 11 is 0. The monoisotopic (exact) mass is 376 g/mol. The van der Waals surface area contributed by atoms with Gasteiger partial charge in [-0.3, -0.25) is 9.10 Å². The van der Waals surface area contributed by atoms with E-state index in [-0.39, 0.29) is 11.3 Å². The van der Waals surface area contributed by atoms with E-state index in [1.165, 1.54) is 28.6 Å². The summed E-state index contributed by atoms with van der Waals surface area (Å²) in [5.74, 6) is -0.764. The molecule has 5 nitrogen and oxygen atoms in total. The molecule has 0 fully saturated rings. The number of halogens is 1. The van der Waals surface area contributed by atoms with Crippen molar-refractivity contribution < 1.29 is 17.6 Å². The Morgan fingerprint density at radius 2 is 2.04 bits per heavy atom. The fourth-order valence-electron chi connectivity index (χ4n) is 3.13. The molecule has 7 heteroatoms. The highest BCUT2D eigenvalue weighted by Gasteiger charge is 2.26. The first kappa shape index (κ1) is 18.4. The SMILES string of the molecule is CCCS(=O)(=O)N1CCCc2cc(NC(=O)c3cccc(F)c3)ccc21. The van der Waals surface area contributed by atoms with Crippen LogP contribution in [0.4, 0.5) is 15.8 Å². The van der Waals surface area contributed by atoms with Crippen LogP contribution in [0.3, 0.4) is 0 Å². The maximum Gasteiger partial charge on any atom is 0.255 e. The zero-order valence-electron chi connectivity index (χ0n) is 14.5. The number of nitrogens with zero attached hydrogens (tertiary/aromatic N) is 1. The van der Waals surface area contributed by atoms with E-state index < -0.39 is 21.7 Å². The van der Waals surface area contributed by atoms with Crippen molar-refractivity contribution >= 4 is 27.3 Å². The first-order valence-corrected chi connectivity index (χ1v) is 10.2. The molecule has 2 aromatic carbocycles. The van der Waals surface area contributed by atoms with Gasteiger partial charge < -0.3 is 5.32 Å². The van der Waals surface area contributed by atoms with Gasteiger partial charge in [-0.2, -0.15) is 0 Å². The molecule has 0 aliphatic carbocycles. The van der Waals surface area contributed by atoms with Crippen molar-refractivity contribution in [1.29, 1.82) is 0 Å². The predicted molar refractivity (Wildman–Crippen MR) is 101 cm³/mol. The first-order valence-electron chi connectivity index (χ1n) is 8.61. The Bertz CT molecular complexity index is 928. The minimum absolute atomic E-state index is 0.116. The summed E-state index contributed by atoms with van der Waals surface area (Å²) in [5, 5.41) is 2.74. The minimum atomic E-state index is -3.33. The molecule has 0 radical (unpaired) electrons. The maximum absolute atomic E-state index is 13.3. The van der Waals surface area contributed by atoms with Gasteiger partial charge in [-0.15, -0.1) is 0 Å². The van der Waals surface area contributed by atoms with Crippen LogP contribution < -0.4 is 9.62 Å². The molecule has 1 aliphatic rings. The predicted octanol–water partition coefficient (Wildman–Crippen LogP) is 3.57. The number of carbonyl (C=O) groups excluding carboxylic acids is 1. The summed E-state index contributed by atoms with van der Waals surface area (Å²) in [7, 11) is -3.33. The number of anilines is 2. The average Bonchev–Trinajstić information content (AvgIpc) is 2.61. The Morgan fingerprint density at radius 1 is 1.23 bits per heavy atom. The summed E-state index contributed by atoms with van der Waals surface area (Å²) in [6, 6.07) is 10.7. The molecule has 0 spiro atoms. The number of aryl methyl sites for hydroxylation is 1. The standard InChI is InChI=1S/C19H21FN2O3S/c1-2-11-26(24,25)22-10-4-6-14-13-17(8-9-18(14)22)21-19(23)15-5-3-7-16(20)12-15/h3,5,7-9,12-13H,2,4,6,10-11H2,1H3,(H,21,23). The first-order chi connectivity index (χ1) is 12.4. The topological polar surface area (TPSA) is 66.5 Å². The number of nitrogens with one attached hydrogen (secondary N) is 1. The molecule has 1 heterocycles. The molecule has 138 valence electrons. The zero-order chi connectivity index (χ0) is 18.7. The van der Waals surface area contributed by atoms with E-state index in [0.29, 0.717) is 24.3 Å². The number of hydrogen-bond donors (Lipinski definition) is 1. The van der Waals surface area contributed by atoms with E-state index in [1.807, 2.05) is 6.92 Å². The van der Waals surface area contributed by atoms with Gasteiger partial charge in [0.2, 0.25) is 10.0 Å². The molecule has 1 amide bonds. The van der Waals surface area contributed by atoms with Gasteiger partial charge in [-0.25, -0.2) is 12.8 Å². The van der Waals surface area contributed by atoms with Crippen molar-refractivity contribution in [3.8, 4) is 0 Å². The van der Waals surface area contributed by atoms with Gasteiger partial charge in [0, 0.05) is 17.8 Å². The second-order valence-electron chi connectivity index (χ2n) is 6.30. The van der Waals surface area contributed by atoms with Gasteiger partial charge in [0.25, 0.3) is 5.91 Å². The van der Waals surface area contributed by atoms with Crippen LogP contribution in [0.1, 0.15) is 35.7 Å². The summed E-state index contributed by atoms with van der Waals surface area (Å²) in [6.07, 6.45) is 2.05. The summed E-state index contributed by atoms with van der Waals surface area (Å²) in [5.41, 5.74) is 2.35. The lowest BCUT2D eigenvalue weighted by Gasteiger charge is -2.30. The molecular formula is C19H21FN2O3S. The third-order valence-corrected chi connectivity index (χ3v) is 6.27. The minimum Gasteiger partial charge on any atom is -0.322 e. The van der Waals surface area contributed by atoms with Gasteiger partial charge in [0.15, 0.2) is 0 Å².